The van der Waals surface area contributed by atoms with Gasteiger partial charge in [0.25, 0.3) is 5.69 Å². The Hall–Kier alpha value is -2.77. The second-order valence-electron chi connectivity index (χ2n) is 6.07. The van der Waals surface area contributed by atoms with Gasteiger partial charge in [-0.25, -0.2) is 0 Å². The standard InChI is InChI=1S/C16H18N4O4/c1-11-17-15(19-24-11)16(8-2-3-9-16)18-14(21)10-12-4-6-13(7-5-12)20(22)23/h4-7H,2-3,8-10H2,1H3,(H,18,21). The zero-order chi connectivity index (χ0) is 17.2. The molecule has 0 spiro atoms. The second-order valence-corrected chi connectivity index (χ2v) is 6.07. The molecule has 0 radical (unpaired) electrons. The third kappa shape index (κ3) is 3.27. The summed E-state index contributed by atoms with van der Waals surface area (Å²) >= 11 is 0. The van der Waals surface area contributed by atoms with Gasteiger partial charge in [0.05, 0.1) is 11.3 Å². The fourth-order valence-corrected chi connectivity index (χ4v) is 3.11. The Bertz CT molecular complexity index is 748. The van der Waals surface area contributed by atoms with Crippen molar-refractivity contribution in [3.8, 4) is 0 Å². The second kappa shape index (κ2) is 6.38. The minimum absolute atomic E-state index is 0.00805. The zero-order valence-electron chi connectivity index (χ0n) is 13.3. The molecule has 1 N–H and O–H groups in total. The Morgan fingerprint density at radius 3 is 2.54 bits per heavy atom. The molecule has 0 saturated heterocycles. The lowest BCUT2D eigenvalue weighted by Crippen LogP contribution is -2.45. The molecule has 8 heteroatoms. The lowest BCUT2D eigenvalue weighted by Gasteiger charge is -2.26. The topological polar surface area (TPSA) is 111 Å². The summed E-state index contributed by atoms with van der Waals surface area (Å²) in [7, 11) is 0. The SMILES string of the molecule is Cc1nc(C2(NC(=O)Cc3ccc([N+](=O)[O-])cc3)CCCC2)no1. The number of rotatable bonds is 5. The highest BCUT2D eigenvalue weighted by molar-refractivity contribution is 5.79. The highest BCUT2D eigenvalue weighted by Gasteiger charge is 2.41. The van der Waals surface area contributed by atoms with Crippen LogP contribution in [0, 0.1) is 17.0 Å². The minimum Gasteiger partial charge on any atom is -0.343 e. The first-order valence-corrected chi connectivity index (χ1v) is 7.84. The zero-order valence-corrected chi connectivity index (χ0v) is 13.3. The van der Waals surface area contributed by atoms with Gasteiger partial charge in [-0.2, -0.15) is 4.98 Å². The van der Waals surface area contributed by atoms with Gasteiger partial charge in [-0.05, 0) is 18.4 Å². The highest BCUT2D eigenvalue weighted by atomic mass is 16.6. The van der Waals surface area contributed by atoms with Crippen LogP contribution in [0.1, 0.15) is 43.0 Å². The number of amides is 1. The summed E-state index contributed by atoms with van der Waals surface area (Å²) in [4.78, 5) is 26.9. The van der Waals surface area contributed by atoms with Gasteiger partial charge in [0.1, 0.15) is 5.54 Å². The van der Waals surface area contributed by atoms with Crippen molar-refractivity contribution in [1.29, 1.82) is 0 Å². The van der Waals surface area contributed by atoms with E-state index in [1.54, 1.807) is 19.1 Å². The summed E-state index contributed by atoms with van der Waals surface area (Å²) in [5, 5.41) is 17.7. The van der Waals surface area contributed by atoms with E-state index in [-0.39, 0.29) is 18.0 Å². The fraction of sp³-hybridized carbons (Fsp3) is 0.438. The summed E-state index contributed by atoms with van der Waals surface area (Å²) < 4.78 is 5.06. The molecule has 0 unspecified atom stereocenters. The third-order valence-electron chi connectivity index (χ3n) is 4.30. The fourth-order valence-electron chi connectivity index (χ4n) is 3.11. The van der Waals surface area contributed by atoms with Crippen LogP contribution < -0.4 is 5.32 Å². The number of hydrogen-bond donors (Lipinski definition) is 1. The molecular weight excluding hydrogens is 312 g/mol. The number of hydrogen-bond acceptors (Lipinski definition) is 6. The molecule has 1 fully saturated rings. The van der Waals surface area contributed by atoms with Gasteiger partial charge < -0.3 is 9.84 Å². The van der Waals surface area contributed by atoms with Crippen LogP contribution in [0.2, 0.25) is 0 Å². The van der Waals surface area contributed by atoms with Gasteiger partial charge in [0.2, 0.25) is 11.8 Å². The largest absolute Gasteiger partial charge is 0.343 e. The van der Waals surface area contributed by atoms with Crippen LogP contribution in [0.25, 0.3) is 0 Å². The van der Waals surface area contributed by atoms with E-state index >= 15 is 0 Å². The molecule has 0 aliphatic heterocycles. The number of non-ortho nitro benzene ring substituents is 1. The summed E-state index contributed by atoms with van der Waals surface area (Å²) in [6, 6.07) is 5.99. The van der Waals surface area contributed by atoms with Gasteiger partial charge in [-0.15, -0.1) is 0 Å². The van der Waals surface area contributed by atoms with Gasteiger partial charge in [-0.3, -0.25) is 14.9 Å². The van der Waals surface area contributed by atoms with E-state index in [0.29, 0.717) is 11.7 Å². The number of aromatic nitrogens is 2. The summed E-state index contributed by atoms with van der Waals surface area (Å²) in [6.07, 6.45) is 3.68. The molecule has 126 valence electrons. The number of aryl methyl sites for hydroxylation is 1. The van der Waals surface area contributed by atoms with Crippen molar-refractivity contribution < 1.29 is 14.2 Å². The van der Waals surface area contributed by atoms with Crippen molar-refractivity contribution in [3.05, 3.63) is 51.7 Å². The molecule has 1 aromatic heterocycles. The molecule has 1 heterocycles. The highest BCUT2D eigenvalue weighted by Crippen LogP contribution is 2.37. The number of nitro groups is 1. The van der Waals surface area contributed by atoms with Crippen LogP contribution in [-0.4, -0.2) is 21.0 Å². The number of carbonyl (C=O) groups excluding carboxylic acids is 1. The quantitative estimate of drug-likeness (QED) is 0.665. The van der Waals surface area contributed by atoms with Gasteiger partial charge in [0.15, 0.2) is 5.82 Å². The van der Waals surface area contributed by atoms with Gasteiger partial charge in [0, 0.05) is 19.1 Å². The van der Waals surface area contributed by atoms with Crippen LogP contribution in [0.5, 0.6) is 0 Å². The van der Waals surface area contributed by atoms with E-state index in [2.05, 4.69) is 15.5 Å². The van der Waals surface area contributed by atoms with E-state index in [4.69, 9.17) is 4.52 Å². The summed E-state index contributed by atoms with van der Waals surface area (Å²) in [5.74, 6) is 0.837. The Morgan fingerprint density at radius 1 is 1.33 bits per heavy atom. The third-order valence-corrected chi connectivity index (χ3v) is 4.30. The van der Waals surface area contributed by atoms with Crippen LogP contribution in [0.15, 0.2) is 28.8 Å². The molecule has 8 nitrogen and oxygen atoms in total. The normalized spacial score (nSPS) is 16.0. The van der Waals surface area contributed by atoms with Crippen molar-refractivity contribution in [3.63, 3.8) is 0 Å². The maximum absolute atomic E-state index is 12.4. The molecular formula is C16H18N4O4. The van der Waals surface area contributed by atoms with Crippen molar-refractivity contribution in [2.45, 2.75) is 44.6 Å². The lowest BCUT2D eigenvalue weighted by atomic mass is 9.96. The first kappa shape index (κ1) is 16.1. The van der Waals surface area contributed by atoms with E-state index in [9.17, 15) is 14.9 Å². The van der Waals surface area contributed by atoms with E-state index in [1.165, 1.54) is 12.1 Å². The molecule has 0 atom stereocenters. The van der Waals surface area contributed by atoms with Crippen molar-refractivity contribution in [2.75, 3.05) is 0 Å². The molecule has 2 aromatic rings. The molecule has 1 saturated carbocycles. The number of carbonyl (C=O) groups is 1. The Balaban J connectivity index is 1.71. The van der Waals surface area contributed by atoms with Gasteiger partial charge in [-0.1, -0.05) is 30.1 Å². The number of nitrogens with zero attached hydrogens (tertiary/aromatic N) is 3. The molecule has 1 aliphatic carbocycles. The van der Waals surface area contributed by atoms with E-state index in [0.717, 1.165) is 31.2 Å². The van der Waals surface area contributed by atoms with Crippen molar-refractivity contribution in [1.82, 2.24) is 15.5 Å². The van der Waals surface area contributed by atoms with Crippen LogP contribution in [0.3, 0.4) is 0 Å². The Morgan fingerprint density at radius 2 is 2.00 bits per heavy atom. The molecule has 1 aliphatic rings. The molecule has 1 aromatic carbocycles. The average molecular weight is 330 g/mol. The lowest BCUT2D eigenvalue weighted by molar-refractivity contribution is -0.384. The van der Waals surface area contributed by atoms with E-state index in [1.807, 2.05) is 0 Å². The van der Waals surface area contributed by atoms with Crippen molar-refractivity contribution in [2.24, 2.45) is 0 Å². The first-order chi connectivity index (χ1) is 11.5. The Labute approximate surface area is 138 Å². The van der Waals surface area contributed by atoms with Crippen LogP contribution in [0.4, 0.5) is 5.69 Å². The molecule has 0 bridgehead atoms. The predicted molar refractivity (Wildman–Crippen MR) is 84.1 cm³/mol. The molecule has 3 rings (SSSR count). The van der Waals surface area contributed by atoms with Gasteiger partial charge >= 0.3 is 0 Å². The average Bonchev–Trinajstić information content (AvgIpc) is 3.17. The molecule has 1 amide bonds. The summed E-state index contributed by atoms with van der Waals surface area (Å²) in [5.41, 5.74) is 0.152. The predicted octanol–water partition coefficient (Wildman–Crippen LogP) is 2.41. The molecule has 24 heavy (non-hydrogen) atoms. The van der Waals surface area contributed by atoms with Crippen molar-refractivity contribution >= 4 is 11.6 Å². The van der Waals surface area contributed by atoms with E-state index < -0.39 is 10.5 Å². The summed E-state index contributed by atoms with van der Waals surface area (Å²) in [6.45, 7) is 1.72. The number of nitrogens with one attached hydrogen (secondary N) is 1. The first-order valence-electron chi connectivity index (χ1n) is 7.84. The maximum atomic E-state index is 12.4. The van der Waals surface area contributed by atoms with Crippen LogP contribution in [-0.2, 0) is 16.8 Å². The number of nitro benzene ring substituents is 1. The Kier molecular flexibility index (Phi) is 4.28. The smallest absolute Gasteiger partial charge is 0.269 e. The minimum atomic E-state index is -0.574. The van der Waals surface area contributed by atoms with Crippen LogP contribution >= 0.6 is 0 Å². The monoisotopic (exact) mass is 330 g/mol. The number of benzene rings is 1. The maximum Gasteiger partial charge on any atom is 0.269 e.